The van der Waals surface area contributed by atoms with Crippen LogP contribution in [0.1, 0.15) is 11.1 Å². The van der Waals surface area contributed by atoms with E-state index in [2.05, 4.69) is 5.32 Å². The van der Waals surface area contributed by atoms with Crippen LogP contribution in [0.4, 0.5) is 13.2 Å². The van der Waals surface area contributed by atoms with E-state index < -0.39 is 17.3 Å². The zero-order chi connectivity index (χ0) is 12.7. The molecule has 0 unspecified atom stereocenters. The molecule has 0 aliphatic carbocycles. The van der Waals surface area contributed by atoms with Crippen LogP contribution in [0.25, 0.3) is 0 Å². The summed E-state index contributed by atoms with van der Waals surface area (Å²) in [5.74, 6) is 0. The van der Waals surface area contributed by atoms with Crippen molar-refractivity contribution in [3.8, 4) is 0 Å². The Morgan fingerprint density at radius 3 is 2.47 bits per heavy atom. The third-order valence-corrected chi connectivity index (χ3v) is 3.11. The van der Waals surface area contributed by atoms with Crippen LogP contribution < -0.4 is 5.32 Å². The lowest BCUT2D eigenvalue weighted by Crippen LogP contribution is -2.60. The molecule has 2 N–H and O–H groups in total. The van der Waals surface area contributed by atoms with Crippen LogP contribution >= 0.6 is 11.6 Å². The molecule has 0 saturated carbocycles. The van der Waals surface area contributed by atoms with Gasteiger partial charge in [0.25, 0.3) is 0 Å². The first-order chi connectivity index (χ1) is 7.80. The number of β-amino-alcohol motifs (C(OH)–C–C–N with tert-alkyl or cyclic N) is 1. The van der Waals surface area contributed by atoms with E-state index >= 15 is 0 Å². The Hall–Kier alpha value is -0.780. The number of aliphatic hydroxyl groups is 1. The van der Waals surface area contributed by atoms with Crippen LogP contribution in [0.3, 0.4) is 0 Å². The van der Waals surface area contributed by atoms with E-state index in [1.807, 2.05) is 0 Å². The lowest BCUT2D eigenvalue weighted by Gasteiger charge is -2.37. The lowest BCUT2D eigenvalue weighted by atomic mass is 9.88. The summed E-state index contributed by atoms with van der Waals surface area (Å²) in [6.07, 6.45) is -4.27. The molecule has 1 aliphatic rings. The van der Waals surface area contributed by atoms with Crippen LogP contribution in [0, 0.1) is 0 Å². The van der Waals surface area contributed by atoms with Gasteiger partial charge in [-0.1, -0.05) is 17.7 Å². The fourth-order valence-corrected chi connectivity index (χ4v) is 2.04. The molecule has 1 aliphatic heterocycles. The Labute approximate surface area is 101 Å². The maximum atomic E-state index is 12.6. The summed E-state index contributed by atoms with van der Waals surface area (Å²) in [6.45, 7) is 0.800. The highest BCUT2D eigenvalue weighted by molar-refractivity contribution is 6.31. The Morgan fingerprint density at radius 2 is 2.00 bits per heavy atom. The maximum Gasteiger partial charge on any atom is 0.417 e. The molecule has 17 heavy (non-hydrogen) atoms. The summed E-state index contributed by atoms with van der Waals surface area (Å²) in [7, 11) is 0. The Balaban J connectivity index is 2.25. The summed E-state index contributed by atoms with van der Waals surface area (Å²) < 4.78 is 37.8. The van der Waals surface area contributed by atoms with Gasteiger partial charge in [0.2, 0.25) is 0 Å². The monoisotopic (exact) mass is 265 g/mol. The molecular weight excluding hydrogens is 255 g/mol. The van der Waals surface area contributed by atoms with Gasteiger partial charge in [-0.2, -0.15) is 13.2 Å². The predicted octanol–water partition coefficient (Wildman–Crippen LogP) is 2.24. The van der Waals surface area contributed by atoms with E-state index in [-0.39, 0.29) is 11.4 Å². The molecule has 2 rings (SSSR count). The lowest BCUT2D eigenvalue weighted by molar-refractivity contribution is -0.137. The van der Waals surface area contributed by atoms with Gasteiger partial charge in [-0.25, -0.2) is 0 Å². The largest absolute Gasteiger partial charge is 0.417 e. The van der Waals surface area contributed by atoms with Gasteiger partial charge < -0.3 is 10.4 Å². The molecule has 1 fully saturated rings. The van der Waals surface area contributed by atoms with Crippen molar-refractivity contribution in [1.82, 2.24) is 5.32 Å². The fraction of sp³-hybridized carbons (Fsp3) is 0.455. The van der Waals surface area contributed by atoms with Crippen LogP contribution in [-0.4, -0.2) is 23.8 Å². The van der Waals surface area contributed by atoms with Gasteiger partial charge in [0.05, 0.1) is 16.2 Å². The highest BCUT2D eigenvalue weighted by Gasteiger charge is 2.36. The molecule has 0 radical (unpaired) electrons. The Kier molecular flexibility index (Phi) is 3.10. The molecule has 1 heterocycles. The minimum atomic E-state index is -4.46. The number of rotatable bonds is 2. The van der Waals surface area contributed by atoms with Gasteiger partial charge in [-0.15, -0.1) is 0 Å². The normalized spacial score (nSPS) is 18.9. The smallest absolute Gasteiger partial charge is 0.387 e. The van der Waals surface area contributed by atoms with E-state index in [4.69, 9.17) is 11.6 Å². The Bertz CT molecular complexity index is 429. The highest BCUT2D eigenvalue weighted by Crippen LogP contribution is 2.35. The molecule has 1 aromatic carbocycles. The third kappa shape index (κ3) is 2.73. The van der Waals surface area contributed by atoms with Gasteiger partial charge in [0.15, 0.2) is 0 Å². The van der Waals surface area contributed by atoms with Gasteiger partial charge in [-0.3, -0.25) is 0 Å². The van der Waals surface area contributed by atoms with Gasteiger partial charge >= 0.3 is 6.18 Å². The minimum absolute atomic E-state index is 0.195. The summed E-state index contributed by atoms with van der Waals surface area (Å²) in [4.78, 5) is 0. The number of hydrogen-bond acceptors (Lipinski definition) is 2. The SMILES string of the molecule is OC1(Cc2ccc(Cl)c(C(F)(F)F)c2)CNC1. The molecule has 6 heteroatoms. The van der Waals surface area contributed by atoms with E-state index in [1.165, 1.54) is 12.1 Å². The highest BCUT2D eigenvalue weighted by atomic mass is 35.5. The molecule has 0 amide bonds. The second kappa shape index (κ2) is 4.15. The summed E-state index contributed by atoms with van der Waals surface area (Å²) in [5.41, 5.74) is -1.35. The average molecular weight is 266 g/mol. The summed E-state index contributed by atoms with van der Waals surface area (Å²) >= 11 is 5.51. The number of halogens is 4. The van der Waals surface area contributed by atoms with Crippen molar-refractivity contribution in [1.29, 1.82) is 0 Å². The number of nitrogens with one attached hydrogen (secondary N) is 1. The van der Waals surface area contributed by atoms with Crippen molar-refractivity contribution in [2.24, 2.45) is 0 Å². The van der Waals surface area contributed by atoms with E-state index in [0.717, 1.165) is 6.07 Å². The van der Waals surface area contributed by atoms with Crippen molar-refractivity contribution >= 4 is 11.6 Å². The Morgan fingerprint density at radius 1 is 1.35 bits per heavy atom. The van der Waals surface area contributed by atoms with Crippen molar-refractivity contribution in [3.05, 3.63) is 34.3 Å². The first-order valence-corrected chi connectivity index (χ1v) is 5.47. The maximum absolute atomic E-state index is 12.6. The molecule has 1 saturated heterocycles. The van der Waals surface area contributed by atoms with Crippen molar-refractivity contribution in [2.75, 3.05) is 13.1 Å². The van der Waals surface area contributed by atoms with Gasteiger partial charge in [0, 0.05) is 19.5 Å². The van der Waals surface area contributed by atoms with Gasteiger partial charge in [-0.05, 0) is 17.7 Å². The van der Waals surface area contributed by atoms with Crippen molar-refractivity contribution in [3.63, 3.8) is 0 Å². The second-order valence-electron chi connectivity index (χ2n) is 4.32. The van der Waals surface area contributed by atoms with Crippen LogP contribution in [0.15, 0.2) is 18.2 Å². The zero-order valence-corrected chi connectivity index (χ0v) is 9.57. The molecule has 0 spiro atoms. The zero-order valence-electron chi connectivity index (χ0n) is 8.81. The summed E-state index contributed by atoms with van der Waals surface area (Å²) in [5, 5.41) is 12.4. The third-order valence-electron chi connectivity index (χ3n) is 2.78. The number of hydrogen-bond donors (Lipinski definition) is 2. The molecule has 94 valence electrons. The first kappa shape index (κ1) is 12.7. The summed E-state index contributed by atoms with van der Waals surface area (Å²) in [6, 6.07) is 3.72. The van der Waals surface area contributed by atoms with Crippen molar-refractivity contribution < 1.29 is 18.3 Å². The number of benzene rings is 1. The predicted molar refractivity (Wildman–Crippen MR) is 58.0 cm³/mol. The molecule has 1 aromatic rings. The quantitative estimate of drug-likeness (QED) is 0.860. The molecule has 0 atom stereocenters. The average Bonchev–Trinajstić information content (AvgIpc) is 2.17. The first-order valence-electron chi connectivity index (χ1n) is 5.09. The van der Waals surface area contributed by atoms with Crippen molar-refractivity contribution in [2.45, 2.75) is 18.2 Å². The second-order valence-corrected chi connectivity index (χ2v) is 4.72. The van der Waals surface area contributed by atoms with Crippen LogP contribution in [0.5, 0.6) is 0 Å². The van der Waals surface area contributed by atoms with E-state index in [9.17, 15) is 18.3 Å². The number of alkyl halides is 3. The molecule has 0 bridgehead atoms. The topological polar surface area (TPSA) is 32.3 Å². The molecular formula is C11H11ClF3NO. The fourth-order valence-electron chi connectivity index (χ4n) is 1.82. The van der Waals surface area contributed by atoms with Gasteiger partial charge in [0.1, 0.15) is 0 Å². The van der Waals surface area contributed by atoms with E-state index in [1.54, 1.807) is 0 Å². The standard InChI is InChI=1S/C11H11ClF3NO/c12-9-2-1-7(3-8(9)11(13,14)15)4-10(17)5-16-6-10/h1-3,16-17H,4-6H2. The minimum Gasteiger partial charge on any atom is -0.387 e. The molecule has 0 aromatic heterocycles. The van der Waals surface area contributed by atoms with Crippen LogP contribution in [0.2, 0.25) is 5.02 Å². The van der Waals surface area contributed by atoms with Crippen LogP contribution in [-0.2, 0) is 12.6 Å². The molecule has 2 nitrogen and oxygen atoms in total. The van der Waals surface area contributed by atoms with E-state index in [0.29, 0.717) is 18.7 Å².